The van der Waals surface area contributed by atoms with Gasteiger partial charge in [0.15, 0.2) is 0 Å². The Morgan fingerprint density at radius 3 is 2.48 bits per heavy atom. The molecule has 2 rings (SSSR count). The molecule has 2 aliphatic carbocycles. The summed E-state index contributed by atoms with van der Waals surface area (Å²) in [7, 11) is -3.01. The van der Waals surface area contributed by atoms with Gasteiger partial charge in [-0.05, 0) is 43.4 Å². The maximum atomic E-state index is 12.1. The Morgan fingerprint density at radius 2 is 1.78 bits per heavy atom. The minimum atomic E-state index is -3.01. The molecule has 0 saturated heterocycles. The first-order chi connectivity index (χ1) is 10.8. The maximum Gasteiger partial charge on any atom is 0.315 e. The molecular weight excluding hydrogens is 312 g/mol. The summed E-state index contributed by atoms with van der Waals surface area (Å²) in [6.07, 6.45) is 8.02. The number of amides is 2. The van der Waals surface area contributed by atoms with Crippen LogP contribution in [0.2, 0.25) is 0 Å². The van der Waals surface area contributed by atoms with E-state index in [1.807, 2.05) is 0 Å². The van der Waals surface area contributed by atoms with Crippen LogP contribution >= 0.6 is 0 Å². The van der Waals surface area contributed by atoms with Crippen LogP contribution in [-0.2, 0) is 9.84 Å². The number of hydrogen-bond donors (Lipinski definition) is 2. The van der Waals surface area contributed by atoms with Crippen LogP contribution in [0.25, 0.3) is 0 Å². The molecule has 0 aliphatic heterocycles. The van der Waals surface area contributed by atoms with Gasteiger partial charge in [0.25, 0.3) is 0 Å². The molecule has 5 nitrogen and oxygen atoms in total. The van der Waals surface area contributed by atoms with E-state index in [0.717, 1.165) is 31.7 Å². The highest BCUT2D eigenvalue weighted by molar-refractivity contribution is 7.91. The molecule has 2 N–H and O–H groups in total. The van der Waals surface area contributed by atoms with Crippen LogP contribution in [0.15, 0.2) is 0 Å². The van der Waals surface area contributed by atoms with Gasteiger partial charge in [-0.25, -0.2) is 13.2 Å². The van der Waals surface area contributed by atoms with E-state index >= 15 is 0 Å². The average molecular weight is 345 g/mol. The number of hydrogen-bond acceptors (Lipinski definition) is 3. The van der Waals surface area contributed by atoms with Gasteiger partial charge < -0.3 is 10.6 Å². The third-order valence-corrected chi connectivity index (χ3v) is 7.61. The molecule has 5 atom stereocenters. The first kappa shape index (κ1) is 18.6. The Bertz CT molecular complexity index is 506. The Kier molecular flexibility index (Phi) is 6.34. The lowest BCUT2D eigenvalue weighted by atomic mass is 9.74. The minimum Gasteiger partial charge on any atom is -0.338 e. The summed E-state index contributed by atoms with van der Waals surface area (Å²) in [5.74, 6) is 1.93. The van der Waals surface area contributed by atoms with Crippen molar-refractivity contribution >= 4 is 15.9 Å². The van der Waals surface area contributed by atoms with E-state index in [-0.39, 0.29) is 17.3 Å². The summed E-state index contributed by atoms with van der Waals surface area (Å²) in [5.41, 5.74) is 0. The Labute approximate surface area is 140 Å². The predicted octanol–water partition coefficient (Wildman–Crippen LogP) is 2.71. The highest BCUT2D eigenvalue weighted by atomic mass is 32.2. The smallest absolute Gasteiger partial charge is 0.315 e. The minimum absolute atomic E-state index is 0.0221. The third-order valence-electron chi connectivity index (χ3n) is 5.97. The lowest BCUT2D eigenvalue weighted by molar-refractivity contribution is 0.176. The molecule has 0 aromatic carbocycles. The van der Waals surface area contributed by atoms with Gasteiger partial charge in [-0.1, -0.05) is 33.1 Å². The first-order valence-electron chi connectivity index (χ1n) is 9.00. The number of sulfone groups is 1. The molecule has 134 valence electrons. The van der Waals surface area contributed by atoms with Gasteiger partial charge in [-0.2, -0.15) is 0 Å². The van der Waals surface area contributed by atoms with Gasteiger partial charge in [0.2, 0.25) is 0 Å². The van der Waals surface area contributed by atoms with Crippen molar-refractivity contribution in [1.29, 1.82) is 0 Å². The standard InChI is InChI=1S/C17H32N2O3S/c1-12-6-4-7-14(13(12)2)11-18-17(20)19-15-8-5-9-16(10-15)23(3,21)22/h12-16H,4-11H2,1-3H3,(H2,18,19,20). The van der Waals surface area contributed by atoms with Crippen LogP contribution in [0.3, 0.4) is 0 Å². The van der Waals surface area contributed by atoms with E-state index in [1.54, 1.807) is 0 Å². The molecule has 0 heterocycles. The molecule has 2 aliphatic rings. The predicted molar refractivity (Wildman–Crippen MR) is 93.1 cm³/mol. The molecule has 6 heteroatoms. The fourth-order valence-corrected chi connectivity index (χ4v) is 5.28. The molecular formula is C17H32N2O3S. The van der Waals surface area contributed by atoms with Crippen molar-refractivity contribution in [3.05, 3.63) is 0 Å². The molecule has 0 aromatic rings. The number of carbonyl (C=O) groups excluding carboxylic acids is 1. The van der Waals surface area contributed by atoms with Gasteiger partial charge >= 0.3 is 6.03 Å². The van der Waals surface area contributed by atoms with Gasteiger partial charge in [-0.15, -0.1) is 0 Å². The van der Waals surface area contributed by atoms with Crippen molar-refractivity contribution in [2.75, 3.05) is 12.8 Å². The molecule has 0 aromatic heterocycles. The Morgan fingerprint density at radius 1 is 1.09 bits per heavy atom. The second kappa shape index (κ2) is 7.86. The highest BCUT2D eigenvalue weighted by Crippen LogP contribution is 2.33. The SMILES string of the molecule is CC1CCCC(CNC(=O)NC2CCCC(S(C)(=O)=O)C2)C1C. The number of carbonyl (C=O) groups is 1. The third kappa shape index (κ3) is 5.37. The van der Waals surface area contributed by atoms with Gasteiger partial charge in [0.1, 0.15) is 9.84 Å². The van der Waals surface area contributed by atoms with Crippen LogP contribution in [0.1, 0.15) is 58.8 Å². The zero-order valence-corrected chi connectivity index (χ0v) is 15.5. The van der Waals surface area contributed by atoms with E-state index in [1.165, 1.54) is 25.5 Å². The number of rotatable bonds is 4. The highest BCUT2D eigenvalue weighted by Gasteiger charge is 2.30. The molecule has 2 amide bonds. The molecule has 23 heavy (non-hydrogen) atoms. The molecule has 0 bridgehead atoms. The fraction of sp³-hybridized carbons (Fsp3) is 0.941. The largest absolute Gasteiger partial charge is 0.338 e. The second-order valence-corrected chi connectivity index (χ2v) is 10.0. The van der Waals surface area contributed by atoms with E-state index in [9.17, 15) is 13.2 Å². The molecule has 2 fully saturated rings. The van der Waals surface area contributed by atoms with Crippen molar-refractivity contribution < 1.29 is 13.2 Å². The van der Waals surface area contributed by atoms with Crippen LogP contribution < -0.4 is 10.6 Å². The van der Waals surface area contributed by atoms with Crippen molar-refractivity contribution in [3.63, 3.8) is 0 Å². The van der Waals surface area contributed by atoms with Crippen molar-refractivity contribution in [1.82, 2.24) is 10.6 Å². The average Bonchev–Trinajstić information content (AvgIpc) is 2.48. The topological polar surface area (TPSA) is 75.3 Å². The van der Waals surface area contributed by atoms with Gasteiger partial charge in [0, 0.05) is 18.8 Å². The fourth-order valence-electron chi connectivity index (χ4n) is 4.11. The Balaban J connectivity index is 1.76. The van der Waals surface area contributed by atoms with E-state index in [4.69, 9.17) is 0 Å². The monoisotopic (exact) mass is 344 g/mol. The summed E-state index contributed by atoms with van der Waals surface area (Å²) in [5, 5.41) is 5.67. The van der Waals surface area contributed by atoms with Gasteiger partial charge in [0.05, 0.1) is 5.25 Å². The quantitative estimate of drug-likeness (QED) is 0.823. The zero-order valence-electron chi connectivity index (χ0n) is 14.7. The van der Waals surface area contributed by atoms with Crippen molar-refractivity contribution in [3.8, 4) is 0 Å². The number of urea groups is 1. The summed E-state index contributed by atoms with van der Waals surface area (Å²) < 4.78 is 23.4. The first-order valence-corrected chi connectivity index (χ1v) is 11.0. The molecule has 0 radical (unpaired) electrons. The lowest BCUT2D eigenvalue weighted by Crippen LogP contribution is -2.47. The molecule has 2 saturated carbocycles. The van der Waals surface area contributed by atoms with Crippen molar-refractivity contribution in [2.24, 2.45) is 17.8 Å². The van der Waals surface area contributed by atoms with Crippen LogP contribution in [0.4, 0.5) is 4.79 Å². The van der Waals surface area contributed by atoms with E-state index in [0.29, 0.717) is 18.3 Å². The Hall–Kier alpha value is -0.780. The summed E-state index contributed by atoms with van der Waals surface area (Å²) in [6, 6.07) is -0.166. The van der Waals surface area contributed by atoms with Crippen molar-refractivity contribution in [2.45, 2.75) is 70.1 Å². The summed E-state index contributed by atoms with van der Waals surface area (Å²) >= 11 is 0. The second-order valence-electron chi connectivity index (χ2n) is 7.70. The molecule has 0 spiro atoms. The van der Waals surface area contributed by atoms with Gasteiger partial charge in [-0.3, -0.25) is 0 Å². The van der Waals surface area contributed by atoms with E-state index in [2.05, 4.69) is 24.5 Å². The van der Waals surface area contributed by atoms with Crippen LogP contribution in [0, 0.1) is 17.8 Å². The number of nitrogens with one attached hydrogen (secondary N) is 2. The van der Waals surface area contributed by atoms with Crippen LogP contribution in [0.5, 0.6) is 0 Å². The normalized spacial score (nSPS) is 35.5. The lowest BCUT2D eigenvalue weighted by Gasteiger charge is -2.34. The van der Waals surface area contributed by atoms with Crippen LogP contribution in [-0.4, -0.2) is 38.5 Å². The van der Waals surface area contributed by atoms with E-state index < -0.39 is 9.84 Å². The zero-order chi connectivity index (χ0) is 17.0. The summed E-state index contributed by atoms with van der Waals surface area (Å²) in [6.45, 7) is 5.30. The molecule has 5 unspecified atom stereocenters. The summed E-state index contributed by atoms with van der Waals surface area (Å²) in [4.78, 5) is 12.1. The maximum absolute atomic E-state index is 12.1.